The normalized spacial score (nSPS) is 19.4. The minimum Gasteiger partial charge on any atom is -0.376 e. The van der Waals surface area contributed by atoms with Crippen LogP contribution in [0.5, 0.6) is 0 Å². The monoisotopic (exact) mass is 290 g/mol. The highest BCUT2D eigenvalue weighted by Gasteiger charge is 2.32. The molecule has 3 heteroatoms. The molecule has 2 rings (SSSR count). The second-order valence-electron chi connectivity index (χ2n) is 6.32. The van der Waals surface area contributed by atoms with Crippen LogP contribution in [-0.4, -0.2) is 12.7 Å². The summed E-state index contributed by atoms with van der Waals surface area (Å²) in [5, 5.41) is 0. The van der Waals surface area contributed by atoms with E-state index >= 15 is 0 Å². The predicted molar refractivity (Wildman–Crippen MR) is 88.0 cm³/mol. The summed E-state index contributed by atoms with van der Waals surface area (Å²) in [6, 6.07) is 6.66. The summed E-state index contributed by atoms with van der Waals surface area (Å²) in [7, 11) is 0. The van der Waals surface area contributed by atoms with Crippen molar-refractivity contribution in [2.24, 2.45) is 11.8 Å². The van der Waals surface area contributed by atoms with Crippen molar-refractivity contribution in [3.05, 3.63) is 34.9 Å². The maximum Gasteiger partial charge on any atom is 0.0810 e. The number of hydrazine groups is 1. The number of hydrogen-bond donors (Lipinski definition) is 2. The van der Waals surface area contributed by atoms with Gasteiger partial charge in [-0.15, -0.1) is 0 Å². The maximum absolute atomic E-state index is 6.14. The maximum atomic E-state index is 6.14. The molecule has 0 spiro atoms. The van der Waals surface area contributed by atoms with E-state index in [0.29, 0.717) is 5.92 Å². The number of hydrogen-bond acceptors (Lipinski definition) is 3. The molecule has 3 nitrogen and oxygen atoms in total. The molecular weight excluding hydrogens is 260 g/mol. The SMILES string of the molecule is CCOC(C1CCCCC1)C(NN)c1cc(C)ccc1C. The first kappa shape index (κ1) is 16.5. The van der Waals surface area contributed by atoms with Crippen molar-refractivity contribution in [2.45, 2.75) is 65.0 Å². The molecule has 0 amide bonds. The van der Waals surface area contributed by atoms with Gasteiger partial charge < -0.3 is 4.74 Å². The summed E-state index contributed by atoms with van der Waals surface area (Å²) in [5.74, 6) is 6.54. The van der Waals surface area contributed by atoms with Gasteiger partial charge in [0, 0.05) is 6.61 Å². The topological polar surface area (TPSA) is 47.3 Å². The molecule has 0 bridgehead atoms. The molecule has 0 heterocycles. The third-order valence-corrected chi connectivity index (χ3v) is 4.75. The Hall–Kier alpha value is -0.900. The zero-order chi connectivity index (χ0) is 15.2. The first-order valence-electron chi connectivity index (χ1n) is 8.32. The van der Waals surface area contributed by atoms with Gasteiger partial charge in [-0.25, -0.2) is 0 Å². The van der Waals surface area contributed by atoms with Crippen LogP contribution >= 0.6 is 0 Å². The van der Waals surface area contributed by atoms with Crippen molar-refractivity contribution in [3.8, 4) is 0 Å². The fourth-order valence-electron chi connectivity index (χ4n) is 3.62. The van der Waals surface area contributed by atoms with Crippen LogP contribution in [0.1, 0.15) is 61.8 Å². The summed E-state index contributed by atoms with van der Waals surface area (Å²) in [5.41, 5.74) is 6.88. The van der Waals surface area contributed by atoms with E-state index in [4.69, 9.17) is 10.6 Å². The molecule has 2 unspecified atom stereocenters. The van der Waals surface area contributed by atoms with Crippen LogP contribution in [-0.2, 0) is 4.74 Å². The molecule has 2 atom stereocenters. The third-order valence-electron chi connectivity index (χ3n) is 4.75. The second kappa shape index (κ2) is 7.92. The number of aryl methyl sites for hydroxylation is 2. The Bertz CT molecular complexity index is 441. The van der Waals surface area contributed by atoms with Gasteiger partial charge in [-0.3, -0.25) is 11.3 Å². The van der Waals surface area contributed by atoms with E-state index in [1.165, 1.54) is 48.8 Å². The fraction of sp³-hybridized carbons (Fsp3) is 0.667. The Morgan fingerprint density at radius 1 is 1.24 bits per heavy atom. The molecule has 0 radical (unpaired) electrons. The van der Waals surface area contributed by atoms with Crippen molar-refractivity contribution in [3.63, 3.8) is 0 Å². The smallest absolute Gasteiger partial charge is 0.0810 e. The molecule has 1 aliphatic rings. The van der Waals surface area contributed by atoms with E-state index in [1.54, 1.807) is 0 Å². The number of rotatable bonds is 6. The average molecular weight is 290 g/mol. The molecule has 1 aliphatic carbocycles. The lowest BCUT2D eigenvalue weighted by molar-refractivity contribution is -0.0185. The van der Waals surface area contributed by atoms with E-state index in [9.17, 15) is 0 Å². The van der Waals surface area contributed by atoms with Crippen LogP contribution < -0.4 is 11.3 Å². The zero-order valence-corrected chi connectivity index (χ0v) is 13.7. The molecular formula is C18H30N2O. The highest BCUT2D eigenvalue weighted by atomic mass is 16.5. The summed E-state index contributed by atoms with van der Waals surface area (Å²) >= 11 is 0. The number of benzene rings is 1. The second-order valence-corrected chi connectivity index (χ2v) is 6.32. The van der Waals surface area contributed by atoms with Crippen LogP contribution in [0, 0.1) is 19.8 Å². The Morgan fingerprint density at radius 2 is 1.95 bits per heavy atom. The lowest BCUT2D eigenvalue weighted by atomic mass is 9.80. The Balaban J connectivity index is 2.27. The molecule has 0 aromatic heterocycles. The van der Waals surface area contributed by atoms with Gasteiger partial charge in [-0.2, -0.15) is 0 Å². The van der Waals surface area contributed by atoms with E-state index in [2.05, 4.69) is 44.4 Å². The predicted octanol–water partition coefficient (Wildman–Crippen LogP) is 3.79. The van der Waals surface area contributed by atoms with Crippen LogP contribution in [0.15, 0.2) is 18.2 Å². The van der Waals surface area contributed by atoms with Crippen LogP contribution in [0.4, 0.5) is 0 Å². The number of ether oxygens (including phenoxy) is 1. The van der Waals surface area contributed by atoms with Crippen LogP contribution in [0.25, 0.3) is 0 Å². The van der Waals surface area contributed by atoms with Gasteiger partial charge in [-0.05, 0) is 50.7 Å². The van der Waals surface area contributed by atoms with E-state index in [-0.39, 0.29) is 12.1 Å². The van der Waals surface area contributed by atoms with Gasteiger partial charge in [0.05, 0.1) is 12.1 Å². The van der Waals surface area contributed by atoms with Gasteiger partial charge in [0.25, 0.3) is 0 Å². The van der Waals surface area contributed by atoms with Gasteiger partial charge in [0.15, 0.2) is 0 Å². The molecule has 3 N–H and O–H groups in total. The lowest BCUT2D eigenvalue weighted by Crippen LogP contribution is -2.43. The fourth-order valence-corrected chi connectivity index (χ4v) is 3.62. The average Bonchev–Trinajstić information content (AvgIpc) is 2.51. The number of nitrogens with one attached hydrogen (secondary N) is 1. The molecule has 1 saturated carbocycles. The Kier molecular flexibility index (Phi) is 6.22. The minimum atomic E-state index is 0.0768. The summed E-state index contributed by atoms with van der Waals surface area (Å²) < 4.78 is 6.14. The third kappa shape index (κ3) is 4.06. The molecule has 0 saturated heterocycles. The van der Waals surface area contributed by atoms with Gasteiger partial charge in [0.2, 0.25) is 0 Å². The van der Waals surface area contributed by atoms with E-state index in [0.717, 1.165) is 6.61 Å². The first-order valence-corrected chi connectivity index (χ1v) is 8.32. The largest absolute Gasteiger partial charge is 0.376 e. The van der Waals surface area contributed by atoms with Gasteiger partial charge >= 0.3 is 0 Å². The molecule has 21 heavy (non-hydrogen) atoms. The molecule has 1 fully saturated rings. The van der Waals surface area contributed by atoms with Crippen molar-refractivity contribution in [1.82, 2.24) is 5.43 Å². The van der Waals surface area contributed by atoms with Crippen molar-refractivity contribution in [1.29, 1.82) is 0 Å². The molecule has 118 valence electrons. The van der Waals surface area contributed by atoms with Gasteiger partial charge in [-0.1, -0.05) is 43.0 Å². The van der Waals surface area contributed by atoms with Crippen molar-refractivity contribution < 1.29 is 4.74 Å². The van der Waals surface area contributed by atoms with E-state index < -0.39 is 0 Å². The zero-order valence-electron chi connectivity index (χ0n) is 13.7. The highest BCUT2D eigenvalue weighted by molar-refractivity contribution is 5.33. The highest BCUT2D eigenvalue weighted by Crippen LogP contribution is 2.35. The quantitative estimate of drug-likeness (QED) is 0.619. The Morgan fingerprint density at radius 3 is 2.57 bits per heavy atom. The van der Waals surface area contributed by atoms with Gasteiger partial charge in [0.1, 0.15) is 0 Å². The molecule has 1 aromatic carbocycles. The van der Waals surface area contributed by atoms with Crippen LogP contribution in [0.3, 0.4) is 0 Å². The van der Waals surface area contributed by atoms with Crippen molar-refractivity contribution in [2.75, 3.05) is 6.61 Å². The Labute approximate surface area is 129 Å². The molecule has 1 aromatic rings. The van der Waals surface area contributed by atoms with E-state index in [1.807, 2.05) is 0 Å². The van der Waals surface area contributed by atoms with Crippen LogP contribution in [0.2, 0.25) is 0 Å². The first-order chi connectivity index (χ1) is 10.2. The summed E-state index contributed by atoms with van der Waals surface area (Å²) in [6.45, 7) is 7.10. The molecule has 0 aliphatic heterocycles. The standard InChI is InChI=1S/C18H30N2O/c1-4-21-18(15-8-6-5-7-9-15)17(20-19)16-12-13(2)10-11-14(16)3/h10-12,15,17-18,20H,4-9,19H2,1-3H3. The lowest BCUT2D eigenvalue weighted by Gasteiger charge is -2.36. The summed E-state index contributed by atoms with van der Waals surface area (Å²) in [6.07, 6.45) is 6.68. The number of nitrogens with two attached hydrogens (primary N) is 1. The van der Waals surface area contributed by atoms with Crippen molar-refractivity contribution >= 4 is 0 Å². The summed E-state index contributed by atoms with van der Waals surface area (Å²) in [4.78, 5) is 0. The minimum absolute atomic E-state index is 0.0768.